The van der Waals surface area contributed by atoms with Crippen LogP contribution in [0.2, 0.25) is 0 Å². The van der Waals surface area contributed by atoms with Gasteiger partial charge in [-0.3, -0.25) is 4.79 Å². The number of benzene rings is 1. The number of hydrogen-bond acceptors (Lipinski definition) is 2. The number of thioether (sulfide) groups is 1. The highest BCUT2D eigenvalue weighted by molar-refractivity contribution is 7.98. The van der Waals surface area contributed by atoms with Crippen LogP contribution in [0.3, 0.4) is 0 Å². The van der Waals surface area contributed by atoms with E-state index in [0.29, 0.717) is 0 Å². The maximum Gasteiger partial charge on any atom is 0.254 e. The normalized spacial score (nSPS) is 15.3. The Bertz CT molecular complexity index is 364. The van der Waals surface area contributed by atoms with Gasteiger partial charge in [-0.1, -0.05) is 18.2 Å². The molecule has 0 spiro atoms. The summed E-state index contributed by atoms with van der Waals surface area (Å²) in [5.41, 5.74) is 2.09. The number of carbonyl (C=O) groups excluding carboxylic acids is 1. The molecular weight excluding hydrogens is 206 g/mol. The summed E-state index contributed by atoms with van der Waals surface area (Å²) in [6, 6.07) is 7.93. The monoisotopic (exact) mass is 221 g/mol. The van der Waals surface area contributed by atoms with Crippen molar-refractivity contribution in [2.24, 2.45) is 0 Å². The summed E-state index contributed by atoms with van der Waals surface area (Å²) in [4.78, 5) is 14.0. The molecule has 0 bridgehead atoms. The predicted octanol–water partition coefficient (Wildman–Crippen LogP) is 2.05. The molecule has 0 fully saturated rings. The smallest absolute Gasteiger partial charge is 0.254 e. The van der Waals surface area contributed by atoms with Gasteiger partial charge < -0.3 is 4.90 Å². The van der Waals surface area contributed by atoms with Crippen LogP contribution >= 0.6 is 11.8 Å². The lowest BCUT2D eigenvalue weighted by Gasteiger charge is -2.28. The summed E-state index contributed by atoms with van der Waals surface area (Å²) in [5.74, 6) is 1.22. The van der Waals surface area contributed by atoms with E-state index in [1.807, 2.05) is 23.1 Å². The molecule has 1 aliphatic heterocycles. The highest BCUT2D eigenvalue weighted by Gasteiger charge is 2.22. The molecule has 1 aromatic rings. The van der Waals surface area contributed by atoms with Crippen molar-refractivity contribution in [3.05, 3.63) is 35.4 Å². The number of carbonyl (C=O) groups is 1. The van der Waals surface area contributed by atoms with E-state index in [1.54, 1.807) is 11.8 Å². The maximum atomic E-state index is 12.0. The van der Waals surface area contributed by atoms with Gasteiger partial charge in [-0.05, 0) is 24.3 Å². The van der Waals surface area contributed by atoms with Crippen molar-refractivity contribution in [3.8, 4) is 0 Å². The second kappa shape index (κ2) is 4.71. The molecular formula is C12H15NOS. The zero-order chi connectivity index (χ0) is 10.7. The standard InChI is InChI=1S/C12H15NOS/c1-15-9-8-13-7-6-10-4-2-3-5-11(10)12(13)14/h2-5H,6-9H2,1H3. The van der Waals surface area contributed by atoms with Crippen molar-refractivity contribution in [3.63, 3.8) is 0 Å². The molecule has 0 atom stereocenters. The van der Waals surface area contributed by atoms with Crippen LogP contribution in [0.15, 0.2) is 24.3 Å². The van der Waals surface area contributed by atoms with E-state index in [-0.39, 0.29) is 5.91 Å². The fourth-order valence-corrected chi connectivity index (χ4v) is 2.29. The van der Waals surface area contributed by atoms with E-state index in [1.165, 1.54) is 5.56 Å². The molecule has 15 heavy (non-hydrogen) atoms. The molecule has 80 valence electrons. The largest absolute Gasteiger partial charge is 0.337 e. The van der Waals surface area contributed by atoms with Gasteiger partial charge in [0.25, 0.3) is 5.91 Å². The molecule has 0 radical (unpaired) electrons. The average molecular weight is 221 g/mol. The van der Waals surface area contributed by atoms with Crippen LogP contribution in [-0.2, 0) is 6.42 Å². The van der Waals surface area contributed by atoms with Crippen LogP contribution in [0.5, 0.6) is 0 Å². The second-order valence-electron chi connectivity index (χ2n) is 3.69. The minimum atomic E-state index is 0.200. The molecule has 0 aliphatic carbocycles. The number of rotatable bonds is 3. The maximum absolute atomic E-state index is 12.0. The predicted molar refractivity (Wildman–Crippen MR) is 64.4 cm³/mol. The summed E-state index contributed by atoms with van der Waals surface area (Å²) in [5, 5.41) is 0. The van der Waals surface area contributed by atoms with Gasteiger partial charge in [-0.25, -0.2) is 0 Å². The topological polar surface area (TPSA) is 20.3 Å². The number of nitrogens with zero attached hydrogens (tertiary/aromatic N) is 1. The second-order valence-corrected chi connectivity index (χ2v) is 4.68. The molecule has 0 unspecified atom stereocenters. The molecule has 0 N–H and O–H groups in total. The molecule has 0 saturated carbocycles. The number of amides is 1. The third kappa shape index (κ3) is 2.17. The fourth-order valence-electron chi connectivity index (χ4n) is 1.89. The first kappa shape index (κ1) is 10.6. The fraction of sp³-hybridized carbons (Fsp3) is 0.417. The molecule has 1 aliphatic rings. The van der Waals surface area contributed by atoms with Crippen molar-refractivity contribution in [2.45, 2.75) is 6.42 Å². The Hall–Kier alpha value is -0.960. The Morgan fingerprint density at radius 3 is 3.00 bits per heavy atom. The lowest BCUT2D eigenvalue weighted by molar-refractivity contribution is 0.0751. The van der Waals surface area contributed by atoms with E-state index >= 15 is 0 Å². The van der Waals surface area contributed by atoms with E-state index in [2.05, 4.69) is 12.3 Å². The van der Waals surface area contributed by atoms with Crippen molar-refractivity contribution >= 4 is 17.7 Å². The minimum absolute atomic E-state index is 0.200. The van der Waals surface area contributed by atoms with Crippen LogP contribution < -0.4 is 0 Å². The number of hydrogen-bond donors (Lipinski definition) is 0. The zero-order valence-electron chi connectivity index (χ0n) is 8.90. The van der Waals surface area contributed by atoms with Crippen LogP contribution in [0.1, 0.15) is 15.9 Å². The highest BCUT2D eigenvalue weighted by Crippen LogP contribution is 2.18. The summed E-state index contributed by atoms with van der Waals surface area (Å²) >= 11 is 1.78. The van der Waals surface area contributed by atoms with E-state index < -0.39 is 0 Å². The first-order chi connectivity index (χ1) is 7.33. The van der Waals surface area contributed by atoms with E-state index in [4.69, 9.17) is 0 Å². The summed E-state index contributed by atoms with van der Waals surface area (Å²) in [7, 11) is 0. The zero-order valence-corrected chi connectivity index (χ0v) is 9.72. The Morgan fingerprint density at radius 2 is 2.20 bits per heavy atom. The van der Waals surface area contributed by atoms with Gasteiger partial charge in [-0.2, -0.15) is 11.8 Å². The molecule has 1 heterocycles. The molecule has 1 amide bonds. The SMILES string of the molecule is CSCCN1CCc2ccccc2C1=O. The lowest BCUT2D eigenvalue weighted by atomic mass is 9.99. The Balaban J connectivity index is 2.15. The molecule has 2 nitrogen and oxygen atoms in total. The first-order valence-corrected chi connectivity index (χ1v) is 6.58. The Labute approximate surface area is 94.7 Å². The Kier molecular flexibility index (Phi) is 3.31. The van der Waals surface area contributed by atoms with Gasteiger partial charge in [0.2, 0.25) is 0 Å². The quantitative estimate of drug-likeness (QED) is 0.778. The van der Waals surface area contributed by atoms with Gasteiger partial charge in [0.05, 0.1) is 0 Å². The van der Waals surface area contributed by atoms with Gasteiger partial charge in [0.1, 0.15) is 0 Å². The molecule has 0 aromatic heterocycles. The van der Waals surface area contributed by atoms with Crippen LogP contribution in [0.4, 0.5) is 0 Å². The number of fused-ring (bicyclic) bond motifs is 1. The molecule has 0 saturated heterocycles. The summed E-state index contributed by atoms with van der Waals surface area (Å²) < 4.78 is 0. The van der Waals surface area contributed by atoms with Crippen LogP contribution in [0, 0.1) is 0 Å². The minimum Gasteiger partial charge on any atom is -0.337 e. The third-order valence-electron chi connectivity index (χ3n) is 2.75. The third-order valence-corrected chi connectivity index (χ3v) is 3.34. The van der Waals surface area contributed by atoms with Crippen LogP contribution in [0.25, 0.3) is 0 Å². The van der Waals surface area contributed by atoms with Crippen molar-refractivity contribution in [1.82, 2.24) is 4.90 Å². The van der Waals surface area contributed by atoms with Gasteiger partial charge in [0.15, 0.2) is 0 Å². The van der Waals surface area contributed by atoms with Gasteiger partial charge in [0, 0.05) is 24.4 Å². The van der Waals surface area contributed by atoms with Crippen molar-refractivity contribution < 1.29 is 4.79 Å². The first-order valence-electron chi connectivity index (χ1n) is 5.19. The van der Waals surface area contributed by atoms with Crippen molar-refractivity contribution in [2.75, 3.05) is 25.1 Å². The Morgan fingerprint density at radius 1 is 1.40 bits per heavy atom. The van der Waals surface area contributed by atoms with Crippen LogP contribution in [-0.4, -0.2) is 35.9 Å². The van der Waals surface area contributed by atoms with Crippen molar-refractivity contribution in [1.29, 1.82) is 0 Å². The van der Waals surface area contributed by atoms with Gasteiger partial charge >= 0.3 is 0 Å². The van der Waals surface area contributed by atoms with E-state index in [0.717, 1.165) is 30.8 Å². The molecule has 2 rings (SSSR count). The van der Waals surface area contributed by atoms with Gasteiger partial charge in [-0.15, -0.1) is 0 Å². The highest BCUT2D eigenvalue weighted by atomic mass is 32.2. The molecule has 3 heteroatoms. The summed E-state index contributed by atoms with van der Waals surface area (Å²) in [6.07, 6.45) is 3.07. The summed E-state index contributed by atoms with van der Waals surface area (Å²) in [6.45, 7) is 1.74. The van der Waals surface area contributed by atoms with E-state index in [9.17, 15) is 4.79 Å². The lowest BCUT2D eigenvalue weighted by Crippen LogP contribution is -2.38. The average Bonchev–Trinajstić information content (AvgIpc) is 2.29. The molecule has 1 aromatic carbocycles.